The van der Waals surface area contributed by atoms with Crippen LogP contribution < -0.4 is 0 Å². The fourth-order valence-electron chi connectivity index (χ4n) is 4.58. The minimum absolute atomic E-state index is 0.0256. The highest BCUT2D eigenvalue weighted by atomic mass is 19.1. The van der Waals surface area contributed by atoms with Gasteiger partial charge in [0.25, 0.3) is 5.91 Å². The maximum Gasteiger partial charge on any atom is 0.271 e. The zero-order chi connectivity index (χ0) is 19.7. The lowest BCUT2D eigenvalue weighted by molar-refractivity contribution is -0.125. The van der Waals surface area contributed by atoms with Gasteiger partial charge in [0, 0.05) is 51.6 Å². The molecule has 3 heterocycles. The molecule has 0 unspecified atom stereocenters. The molecule has 28 heavy (non-hydrogen) atoms. The molecule has 3 aliphatic rings. The van der Waals surface area contributed by atoms with Gasteiger partial charge in [-0.25, -0.2) is 4.39 Å². The minimum atomic E-state index is -0.403. The molecule has 0 aliphatic carbocycles. The van der Waals surface area contributed by atoms with E-state index in [0.717, 1.165) is 44.5 Å². The number of halogens is 1. The highest BCUT2D eigenvalue weighted by molar-refractivity contribution is 6.39. The van der Waals surface area contributed by atoms with Crippen LogP contribution in [0.2, 0.25) is 0 Å². The Labute approximate surface area is 165 Å². The first kappa shape index (κ1) is 19.3. The smallest absolute Gasteiger partial charge is 0.271 e. The van der Waals surface area contributed by atoms with Crippen LogP contribution in [0.15, 0.2) is 29.4 Å². The van der Waals surface area contributed by atoms with Crippen molar-refractivity contribution in [1.29, 1.82) is 0 Å². The van der Waals surface area contributed by atoms with Crippen LogP contribution in [0.5, 0.6) is 0 Å². The third-order valence-electron chi connectivity index (χ3n) is 6.26. The molecular weight excluding hydrogens is 359 g/mol. The lowest BCUT2D eigenvalue weighted by Gasteiger charge is -2.35. The second kappa shape index (κ2) is 7.79. The quantitative estimate of drug-likeness (QED) is 0.793. The summed E-state index contributed by atoms with van der Waals surface area (Å²) in [6.07, 6.45) is 3.41. The molecule has 1 aromatic carbocycles. The average Bonchev–Trinajstić information content (AvgIpc) is 3.28. The van der Waals surface area contributed by atoms with Gasteiger partial charge in [-0.15, -0.1) is 0 Å². The molecule has 1 spiro atoms. The van der Waals surface area contributed by atoms with E-state index in [1.54, 1.807) is 12.1 Å². The predicted octanol–water partition coefficient (Wildman–Crippen LogP) is 2.10. The zero-order valence-corrected chi connectivity index (χ0v) is 16.7. The number of hydrogen-bond donors (Lipinski definition) is 0. The molecule has 0 radical (unpaired) electrons. The van der Waals surface area contributed by atoms with Crippen LogP contribution in [0, 0.1) is 5.82 Å². The van der Waals surface area contributed by atoms with Crippen LogP contribution >= 0.6 is 0 Å². The number of carbonyl (C=O) groups is 1. The Morgan fingerprint density at radius 1 is 1.32 bits per heavy atom. The summed E-state index contributed by atoms with van der Waals surface area (Å²) in [5, 5.41) is 4.18. The van der Waals surface area contributed by atoms with Crippen molar-refractivity contribution < 1.29 is 14.0 Å². The Morgan fingerprint density at radius 3 is 2.82 bits per heavy atom. The normalized spacial score (nSPS) is 26.1. The molecule has 0 bridgehead atoms. The maximum absolute atomic E-state index is 13.4. The van der Waals surface area contributed by atoms with E-state index in [1.165, 1.54) is 6.07 Å². The fourth-order valence-corrected chi connectivity index (χ4v) is 4.58. The summed E-state index contributed by atoms with van der Waals surface area (Å²) in [7, 11) is 4.19. The summed E-state index contributed by atoms with van der Waals surface area (Å²) in [4.78, 5) is 25.1. The Morgan fingerprint density at radius 2 is 2.11 bits per heavy atom. The van der Waals surface area contributed by atoms with Crippen molar-refractivity contribution in [2.75, 3.05) is 40.3 Å². The first-order valence-electron chi connectivity index (χ1n) is 10.1. The molecular formula is C21H29FN4O2. The van der Waals surface area contributed by atoms with Crippen LogP contribution in [0.1, 0.15) is 31.2 Å². The van der Waals surface area contributed by atoms with Gasteiger partial charge >= 0.3 is 0 Å². The van der Waals surface area contributed by atoms with E-state index in [1.807, 2.05) is 11.0 Å². The minimum Gasteiger partial charge on any atom is -0.387 e. The highest BCUT2D eigenvalue weighted by Gasteiger charge is 2.47. The standard InChI is InChI=1S/C21H29FN4O2/c1-24(2)18-6-9-26(10-7-18)20(27)19-13-21(28-23-19)8-11-25(15-21)14-16-4-3-5-17(22)12-16/h3-5,12,18H,6-11,13-15H2,1-2H3/t21-/m0/s1. The predicted molar refractivity (Wildman–Crippen MR) is 105 cm³/mol. The zero-order valence-electron chi connectivity index (χ0n) is 16.7. The molecule has 1 amide bonds. The van der Waals surface area contributed by atoms with Gasteiger partial charge in [0.1, 0.15) is 11.5 Å². The monoisotopic (exact) mass is 388 g/mol. The molecule has 152 valence electrons. The van der Waals surface area contributed by atoms with E-state index in [0.29, 0.717) is 31.3 Å². The van der Waals surface area contributed by atoms with E-state index < -0.39 is 5.60 Å². The molecule has 2 saturated heterocycles. The number of hydrogen-bond acceptors (Lipinski definition) is 5. The third-order valence-corrected chi connectivity index (χ3v) is 6.26. The van der Waals surface area contributed by atoms with Gasteiger partial charge in [-0.05, 0) is 44.6 Å². The summed E-state index contributed by atoms with van der Waals surface area (Å²) in [5.74, 6) is -0.185. The van der Waals surface area contributed by atoms with E-state index in [2.05, 4.69) is 29.1 Å². The average molecular weight is 388 g/mol. The largest absolute Gasteiger partial charge is 0.387 e. The summed E-state index contributed by atoms with van der Waals surface area (Å²) >= 11 is 0. The van der Waals surface area contributed by atoms with Crippen LogP contribution in [0.3, 0.4) is 0 Å². The van der Waals surface area contributed by atoms with E-state index in [9.17, 15) is 9.18 Å². The summed E-state index contributed by atoms with van der Waals surface area (Å²) in [5.41, 5.74) is 1.10. The Kier molecular flexibility index (Phi) is 5.38. The summed E-state index contributed by atoms with van der Waals surface area (Å²) in [6.45, 7) is 3.82. The number of amides is 1. The van der Waals surface area contributed by atoms with Gasteiger partial charge in [-0.2, -0.15) is 0 Å². The summed E-state index contributed by atoms with van der Waals surface area (Å²) in [6, 6.07) is 7.25. The first-order chi connectivity index (χ1) is 13.4. The molecule has 1 aromatic rings. The first-order valence-corrected chi connectivity index (χ1v) is 10.1. The Hall–Kier alpha value is -1.99. The summed E-state index contributed by atoms with van der Waals surface area (Å²) < 4.78 is 13.4. The van der Waals surface area contributed by atoms with E-state index in [-0.39, 0.29) is 11.7 Å². The highest BCUT2D eigenvalue weighted by Crippen LogP contribution is 2.35. The van der Waals surface area contributed by atoms with Crippen LogP contribution in [-0.2, 0) is 16.2 Å². The lowest BCUT2D eigenvalue weighted by atomic mass is 9.95. The lowest BCUT2D eigenvalue weighted by Crippen LogP contribution is -2.47. The van der Waals surface area contributed by atoms with E-state index in [4.69, 9.17) is 4.84 Å². The Balaban J connectivity index is 1.30. The third kappa shape index (κ3) is 4.05. The maximum atomic E-state index is 13.4. The SMILES string of the molecule is CN(C)C1CCN(C(=O)C2=NO[C@@]3(CCN(Cc4cccc(F)c4)C3)C2)CC1. The number of piperidine rings is 1. The van der Waals surface area contributed by atoms with Crippen molar-refractivity contribution in [3.63, 3.8) is 0 Å². The molecule has 7 heteroatoms. The van der Waals surface area contributed by atoms with Crippen molar-refractivity contribution in [3.8, 4) is 0 Å². The van der Waals surface area contributed by atoms with Crippen molar-refractivity contribution in [1.82, 2.24) is 14.7 Å². The number of likely N-dealkylation sites (tertiary alicyclic amines) is 2. The fraction of sp³-hybridized carbons (Fsp3) is 0.619. The number of benzene rings is 1. The van der Waals surface area contributed by atoms with Gasteiger partial charge in [-0.3, -0.25) is 9.69 Å². The number of rotatable bonds is 4. The molecule has 6 nitrogen and oxygen atoms in total. The molecule has 0 aromatic heterocycles. The number of oxime groups is 1. The molecule has 3 aliphatic heterocycles. The van der Waals surface area contributed by atoms with Crippen molar-refractivity contribution in [2.45, 2.75) is 43.9 Å². The van der Waals surface area contributed by atoms with Gasteiger partial charge in [0.2, 0.25) is 0 Å². The van der Waals surface area contributed by atoms with Crippen LogP contribution in [0.4, 0.5) is 4.39 Å². The van der Waals surface area contributed by atoms with Gasteiger partial charge in [0.05, 0.1) is 0 Å². The second-order valence-electron chi connectivity index (χ2n) is 8.57. The van der Waals surface area contributed by atoms with Crippen LogP contribution in [-0.4, -0.2) is 78.2 Å². The number of carbonyl (C=O) groups excluding carboxylic acids is 1. The van der Waals surface area contributed by atoms with E-state index >= 15 is 0 Å². The van der Waals surface area contributed by atoms with Gasteiger partial charge < -0.3 is 14.6 Å². The van der Waals surface area contributed by atoms with Crippen molar-refractivity contribution in [3.05, 3.63) is 35.6 Å². The molecule has 0 N–H and O–H groups in total. The molecule has 0 saturated carbocycles. The second-order valence-corrected chi connectivity index (χ2v) is 8.57. The molecule has 4 rings (SSSR count). The topological polar surface area (TPSA) is 48.4 Å². The van der Waals surface area contributed by atoms with Crippen molar-refractivity contribution >= 4 is 11.6 Å². The van der Waals surface area contributed by atoms with Crippen LogP contribution in [0.25, 0.3) is 0 Å². The van der Waals surface area contributed by atoms with Crippen molar-refractivity contribution in [2.24, 2.45) is 5.16 Å². The molecule has 1 atom stereocenters. The Bertz CT molecular complexity index is 761. The number of nitrogens with zero attached hydrogens (tertiary/aromatic N) is 4. The molecule has 2 fully saturated rings. The van der Waals surface area contributed by atoms with Gasteiger partial charge in [-0.1, -0.05) is 17.3 Å². The van der Waals surface area contributed by atoms with Gasteiger partial charge in [0.15, 0.2) is 5.60 Å².